The van der Waals surface area contributed by atoms with Crippen molar-refractivity contribution >= 4 is 40.8 Å². The molecule has 0 aromatic heterocycles. The molecule has 0 amide bonds. The zero-order valence-corrected chi connectivity index (χ0v) is 17.3. The van der Waals surface area contributed by atoms with Crippen molar-refractivity contribution in [1.29, 1.82) is 0 Å². The topological polar surface area (TPSA) is 78.8 Å². The van der Waals surface area contributed by atoms with E-state index in [2.05, 4.69) is 5.32 Å². The number of halogens is 3. The van der Waals surface area contributed by atoms with Crippen molar-refractivity contribution in [2.45, 2.75) is 32.4 Å². The minimum Gasteiger partial charge on any atom is -0.504 e. The van der Waals surface area contributed by atoms with Crippen LogP contribution in [0.4, 0.5) is 0 Å². The average molecular weight is 433 g/mol. The van der Waals surface area contributed by atoms with Gasteiger partial charge in [-0.2, -0.15) is 0 Å². The van der Waals surface area contributed by atoms with Crippen LogP contribution in [0.5, 0.6) is 11.5 Å². The number of aliphatic hydroxyl groups excluding tert-OH is 1. The molecule has 2 rings (SSSR count). The number of benzene rings is 2. The molecule has 2 aromatic carbocycles. The smallest absolute Gasteiger partial charge is 0.345 e. The molecule has 5 nitrogen and oxygen atoms in total. The molecule has 0 saturated heterocycles. The van der Waals surface area contributed by atoms with Gasteiger partial charge in [-0.15, -0.1) is 0 Å². The number of rotatable bonds is 5. The summed E-state index contributed by atoms with van der Waals surface area (Å²) >= 11 is 17.8. The Kier molecular flexibility index (Phi) is 7.00. The number of aromatic hydroxyl groups is 1. The van der Waals surface area contributed by atoms with Gasteiger partial charge in [-0.3, -0.25) is 0 Å². The van der Waals surface area contributed by atoms with Crippen molar-refractivity contribution in [2.24, 2.45) is 0 Å². The molecule has 0 bridgehead atoms. The lowest BCUT2D eigenvalue weighted by Crippen LogP contribution is -2.38. The van der Waals surface area contributed by atoms with Crippen LogP contribution in [-0.2, 0) is 0 Å². The molecule has 0 aliphatic heterocycles. The Hall–Kier alpha value is -1.50. The van der Waals surface area contributed by atoms with E-state index < -0.39 is 12.1 Å². The summed E-state index contributed by atoms with van der Waals surface area (Å²) < 4.78 is 5.18. The summed E-state index contributed by atoms with van der Waals surface area (Å²) in [6.07, 6.45) is -0.829. The quantitative estimate of drug-likeness (QED) is 0.352. The van der Waals surface area contributed by atoms with Crippen LogP contribution in [0.2, 0.25) is 15.1 Å². The third-order valence-electron chi connectivity index (χ3n) is 3.65. The van der Waals surface area contributed by atoms with E-state index in [0.29, 0.717) is 12.1 Å². The monoisotopic (exact) mass is 431 g/mol. The van der Waals surface area contributed by atoms with E-state index >= 15 is 0 Å². The number of carbonyl (C=O) groups is 1. The maximum absolute atomic E-state index is 12.3. The molecule has 3 N–H and O–H groups in total. The SMILES string of the molecule is CC(C)(C)NCC(O)c1ccc(OC(=O)c2ccc(Cl)c(Cl)c2Cl)c(O)c1. The van der Waals surface area contributed by atoms with E-state index in [-0.39, 0.29) is 37.7 Å². The van der Waals surface area contributed by atoms with Gasteiger partial charge in [0.15, 0.2) is 11.5 Å². The van der Waals surface area contributed by atoms with Crippen LogP contribution in [0.25, 0.3) is 0 Å². The minimum absolute atomic E-state index is 0.0176. The second-order valence-electron chi connectivity index (χ2n) is 6.99. The van der Waals surface area contributed by atoms with Gasteiger partial charge in [-0.05, 0) is 50.6 Å². The molecular weight excluding hydrogens is 413 g/mol. The molecule has 0 fully saturated rings. The van der Waals surface area contributed by atoms with Gasteiger partial charge in [0.25, 0.3) is 0 Å². The predicted molar refractivity (Wildman–Crippen MR) is 107 cm³/mol. The van der Waals surface area contributed by atoms with Crippen LogP contribution in [0.15, 0.2) is 30.3 Å². The molecular formula is C19H20Cl3NO4. The van der Waals surface area contributed by atoms with E-state index in [1.54, 1.807) is 6.07 Å². The Bertz CT molecular complexity index is 850. The van der Waals surface area contributed by atoms with Crippen LogP contribution in [0.1, 0.15) is 42.8 Å². The van der Waals surface area contributed by atoms with Crippen molar-refractivity contribution in [3.8, 4) is 11.5 Å². The Morgan fingerprint density at radius 1 is 1.15 bits per heavy atom. The van der Waals surface area contributed by atoms with Crippen molar-refractivity contribution < 1.29 is 19.7 Å². The van der Waals surface area contributed by atoms with Crippen LogP contribution in [0.3, 0.4) is 0 Å². The van der Waals surface area contributed by atoms with Crippen LogP contribution in [-0.4, -0.2) is 28.3 Å². The molecule has 1 atom stereocenters. The fourth-order valence-corrected chi connectivity index (χ4v) is 2.80. The number of aliphatic hydroxyl groups is 1. The summed E-state index contributed by atoms with van der Waals surface area (Å²) in [5, 5.41) is 23.8. The first kappa shape index (κ1) is 21.8. The Labute approximate surface area is 172 Å². The normalized spacial score (nSPS) is 12.7. The number of β-amino-alcohol motifs (C(OH)–C–C–N with tert-alkyl or cyclic N) is 1. The standard InChI is InChI=1S/C19H20Cl3NO4/c1-19(2,3)23-9-14(25)10-4-7-15(13(24)8-10)27-18(26)11-5-6-12(20)17(22)16(11)21/h4-8,14,23-25H,9H2,1-3H3. The Morgan fingerprint density at radius 2 is 1.81 bits per heavy atom. The fourth-order valence-electron chi connectivity index (χ4n) is 2.19. The first-order valence-electron chi connectivity index (χ1n) is 8.11. The summed E-state index contributed by atoms with van der Waals surface area (Å²) in [6, 6.07) is 7.11. The zero-order chi connectivity index (χ0) is 20.4. The van der Waals surface area contributed by atoms with Gasteiger partial charge in [0, 0.05) is 12.1 Å². The molecule has 8 heteroatoms. The highest BCUT2D eigenvalue weighted by molar-refractivity contribution is 6.49. The van der Waals surface area contributed by atoms with Crippen LogP contribution < -0.4 is 10.1 Å². The summed E-state index contributed by atoms with van der Waals surface area (Å²) in [4.78, 5) is 12.3. The van der Waals surface area contributed by atoms with Crippen LogP contribution >= 0.6 is 34.8 Å². The fraction of sp³-hybridized carbons (Fsp3) is 0.316. The molecule has 0 spiro atoms. The highest BCUT2D eigenvalue weighted by Gasteiger charge is 2.20. The van der Waals surface area contributed by atoms with Gasteiger partial charge in [-0.1, -0.05) is 40.9 Å². The first-order chi connectivity index (χ1) is 12.5. The lowest BCUT2D eigenvalue weighted by Gasteiger charge is -2.23. The zero-order valence-electron chi connectivity index (χ0n) is 15.0. The summed E-state index contributed by atoms with van der Waals surface area (Å²) in [7, 11) is 0. The number of carbonyl (C=O) groups excluding carboxylic acids is 1. The third kappa shape index (κ3) is 5.74. The Balaban J connectivity index is 2.14. The number of nitrogens with one attached hydrogen (secondary N) is 1. The van der Waals surface area contributed by atoms with Gasteiger partial charge in [0.1, 0.15) is 0 Å². The number of phenolic OH excluding ortho intramolecular Hbond substituents is 1. The highest BCUT2D eigenvalue weighted by atomic mass is 35.5. The van der Waals surface area contributed by atoms with E-state index in [1.165, 1.54) is 24.3 Å². The van der Waals surface area contributed by atoms with Crippen molar-refractivity contribution in [3.05, 3.63) is 56.5 Å². The van der Waals surface area contributed by atoms with Crippen molar-refractivity contribution in [2.75, 3.05) is 6.54 Å². The van der Waals surface area contributed by atoms with E-state index in [1.807, 2.05) is 20.8 Å². The van der Waals surface area contributed by atoms with Crippen molar-refractivity contribution in [1.82, 2.24) is 5.32 Å². The largest absolute Gasteiger partial charge is 0.504 e. The van der Waals surface area contributed by atoms with Gasteiger partial charge >= 0.3 is 5.97 Å². The van der Waals surface area contributed by atoms with E-state index in [4.69, 9.17) is 39.5 Å². The number of phenols is 1. The number of ether oxygens (including phenoxy) is 1. The second kappa shape index (κ2) is 8.67. The molecule has 27 heavy (non-hydrogen) atoms. The molecule has 0 aliphatic carbocycles. The number of esters is 1. The van der Waals surface area contributed by atoms with Crippen molar-refractivity contribution in [3.63, 3.8) is 0 Å². The maximum Gasteiger partial charge on any atom is 0.345 e. The summed E-state index contributed by atoms with van der Waals surface area (Å²) in [6.45, 7) is 6.25. The average Bonchev–Trinajstić information content (AvgIpc) is 2.58. The van der Waals surface area contributed by atoms with Crippen LogP contribution in [0, 0.1) is 0 Å². The molecule has 1 unspecified atom stereocenters. The molecule has 0 heterocycles. The highest BCUT2D eigenvalue weighted by Crippen LogP contribution is 2.34. The number of hydrogen-bond donors (Lipinski definition) is 3. The number of hydrogen-bond acceptors (Lipinski definition) is 5. The second-order valence-corrected chi connectivity index (χ2v) is 8.15. The lowest BCUT2D eigenvalue weighted by atomic mass is 10.1. The predicted octanol–water partition coefficient (Wildman–Crippen LogP) is 4.99. The Morgan fingerprint density at radius 3 is 2.41 bits per heavy atom. The van der Waals surface area contributed by atoms with Gasteiger partial charge in [0.2, 0.25) is 0 Å². The van der Waals surface area contributed by atoms with E-state index in [0.717, 1.165) is 0 Å². The summed E-state index contributed by atoms with van der Waals surface area (Å²) in [5.74, 6) is -1.15. The minimum atomic E-state index is -0.829. The molecule has 0 radical (unpaired) electrons. The molecule has 0 saturated carbocycles. The molecule has 0 aliphatic rings. The first-order valence-corrected chi connectivity index (χ1v) is 9.24. The van der Waals surface area contributed by atoms with Gasteiger partial charge in [-0.25, -0.2) is 4.79 Å². The third-order valence-corrected chi connectivity index (χ3v) is 4.94. The van der Waals surface area contributed by atoms with Gasteiger partial charge < -0.3 is 20.3 Å². The lowest BCUT2D eigenvalue weighted by molar-refractivity contribution is 0.0729. The summed E-state index contributed by atoms with van der Waals surface area (Å²) in [5.41, 5.74) is 0.345. The van der Waals surface area contributed by atoms with Gasteiger partial charge in [0.05, 0.1) is 26.7 Å². The molecule has 146 valence electrons. The molecule has 2 aromatic rings. The maximum atomic E-state index is 12.3. The van der Waals surface area contributed by atoms with E-state index in [9.17, 15) is 15.0 Å².